The number of fused-ring (bicyclic) bond motifs is 3. The lowest BCUT2D eigenvalue weighted by Crippen LogP contribution is -2.14. The lowest BCUT2D eigenvalue weighted by Gasteiger charge is -2.06. The van der Waals surface area contributed by atoms with E-state index < -0.39 is 0 Å². The van der Waals surface area contributed by atoms with Gasteiger partial charge in [-0.2, -0.15) is 0 Å². The molecular weight excluding hydrogens is 228 g/mol. The summed E-state index contributed by atoms with van der Waals surface area (Å²) in [6, 6.07) is 8.62. The number of hydrogen-bond donors (Lipinski definition) is 0. The maximum Gasteiger partial charge on any atom is 0.0948 e. The molecule has 0 spiro atoms. The number of aromatic nitrogens is 1. The molecule has 0 bridgehead atoms. The normalized spacial score (nSPS) is 12.9. The molecule has 2 aromatic rings. The van der Waals surface area contributed by atoms with Gasteiger partial charge in [-0.05, 0) is 19.7 Å². The Balaban J connectivity index is 1.88. The van der Waals surface area contributed by atoms with Crippen molar-refractivity contribution in [1.29, 1.82) is 0 Å². The van der Waals surface area contributed by atoms with Gasteiger partial charge in [0.15, 0.2) is 0 Å². The molecule has 1 aromatic heterocycles. The van der Waals surface area contributed by atoms with Crippen LogP contribution in [0.3, 0.4) is 0 Å². The minimum absolute atomic E-state index is 1.06. The molecule has 0 atom stereocenters. The quantitative estimate of drug-likeness (QED) is 0.704. The van der Waals surface area contributed by atoms with E-state index in [2.05, 4.69) is 43.3 Å². The van der Waals surface area contributed by atoms with Gasteiger partial charge >= 0.3 is 0 Å². The van der Waals surface area contributed by atoms with Crippen molar-refractivity contribution in [3.8, 4) is 11.3 Å². The van der Waals surface area contributed by atoms with E-state index in [1.165, 1.54) is 26.7 Å². The molecule has 0 aliphatic heterocycles. The Morgan fingerprint density at radius 1 is 1.29 bits per heavy atom. The second-order valence-electron chi connectivity index (χ2n) is 4.77. The zero-order valence-corrected chi connectivity index (χ0v) is 11.0. The minimum Gasteiger partial charge on any atom is -0.309 e. The van der Waals surface area contributed by atoms with Gasteiger partial charge in [0.25, 0.3) is 0 Å². The van der Waals surface area contributed by atoms with E-state index in [9.17, 15) is 0 Å². The van der Waals surface area contributed by atoms with Crippen LogP contribution in [0.1, 0.15) is 15.4 Å². The van der Waals surface area contributed by atoms with Crippen molar-refractivity contribution in [3.63, 3.8) is 0 Å². The molecule has 0 saturated carbocycles. The number of benzene rings is 1. The van der Waals surface area contributed by atoms with Crippen LogP contribution in [0, 0.1) is 0 Å². The maximum atomic E-state index is 4.80. The summed E-state index contributed by atoms with van der Waals surface area (Å²) in [5.41, 5.74) is 4.01. The van der Waals surface area contributed by atoms with Gasteiger partial charge in [-0.15, -0.1) is 11.3 Å². The van der Waals surface area contributed by atoms with Gasteiger partial charge < -0.3 is 4.90 Å². The number of likely N-dealkylation sites (N-methyl/N-ethyl adjacent to an activating group) is 1. The Labute approximate surface area is 106 Å². The minimum atomic E-state index is 1.06. The van der Waals surface area contributed by atoms with Gasteiger partial charge in [-0.1, -0.05) is 24.3 Å². The Kier molecular flexibility index (Phi) is 2.73. The van der Waals surface area contributed by atoms with Crippen molar-refractivity contribution < 1.29 is 0 Å². The third-order valence-corrected chi connectivity index (χ3v) is 4.25. The van der Waals surface area contributed by atoms with Crippen molar-refractivity contribution >= 4 is 11.3 Å². The van der Waals surface area contributed by atoms with Crippen LogP contribution in [-0.4, -0.2) is 30.5 Å². The summed E-state index contributed by atoms with van der Waals surface area (Å²) in [7, 11) is 4.22. The molecule has 0 amide bonds. The van der Waals surface area contributed by atoms with Crippen molar-refractivity contribution in [2.75, 3.05) is 20.6 Å². The molecule has 1 heterocycles. The van der Waals surface area contributed by atoms with E-state index in [1.807, 2.05) is 11.3 Å². The number of hydrogen-bond acceptors (Lipinski definition) is 3. The molecule has 0 N–H and O–H groups in total. The first kappa shape index (κ1) is 10.9. The Hall–Kier alpha value is -1.19. The SMILES string of the molecule is CN(C)CCc1nc2c(s1)Cc1ccccc1-2. The summed E-state index contributed by atoms with van der Waals surface area (Å²) >= 11 is 1.88. The predicted octanol–water partition coefficient (Wildman–Crippen LogP) is 2.82. The lowest BCUT2D eigenvalue weighted by molar-refractivity contribution is 0.413. The van der Waals surface area contributed by atoms with Crippen molar-refractivity contribution in [2.45, 2.75) is 12.8 Å². The molecule has 0 saturated heterocycles. The number of nitrogens with zero attached hydrogens (tertiary/aromatic N) is 2. The molecule has 3 rings (SSSR count). The Morgan fingerprint density at radius 3 is 2.94 bits per heavy atom. The van der Waals surface area contributed by atoms with Crippen LogP contribution in [0.25, 0.3) is 11.3 Å². The van der Waals surface area contributed by atoms with Crippen LogP contribution in [0.15, 0.2) is 24.3 Å². The summed E-state index contributed by atoms with van der Waals surface area (Å²) in [6.45, 7) is 1.08. The van der Waals surface area contributed by atoms with Crippen LogP contribution < -0.4 is 0 Å². The van der Waals surface area contributed by atoms with E-state index >= 15 is 0 Å². The Bertz CT molecular complexity index is 543. The van der Waals surface area contributed by atoms with Crippen LogP contribution in [0.5, 0.6) is 0 Å². The lowest BCUT2D eigenvalue weighted by atomic mass is 10.1. The number of rotatable bonds is 3. The van der Waals surface area contributed by atoms with Gasteiger partial charge in [0.05, 0.1) is 10.7 Å². The maximum absolute atomic E-state index is 4.80. The first-order chi connectivity index (χ1) is 8.24. The van der Waals surface area contributed by atoms with Gasteiger partial charge in [0, 0.05) is 29.8 Å². The Morgan fingerprint density at radius 2 is 2.12 bits per heavy atom. The van der Waals surface area contributed by atoms with Gasteiger partial charge in [0.1, 0.15) is 0 Å². The molecular formula is C14H16N2S. The largest absolute Gasteiger partial charge is 0.309 e. The van der Waals surface area contributed by atoms with Crippen LogP contribution in [-0.2, 0) is 12.8 Å². The second-order valence-corrected chi connectivity index (χ2v) is 5.93. The summed E-state index contributed by atoms with van der Waals surface area (Å²) in [4.78, 5) is 8.45. The fourth-order valence-electron chi connectivity index (χ4n) is 2.24. The predicted molar refractivity (Wildman–Crippen MR) is 72.6 cm³/mol. The summed E-state index contributed by atoms with van der Waals surface area (Å²) in [5, 5.41) is 1.28. The number of thiazole rings is 1. The summed E-state index contributed by atoms with van der Waals surface area (Å²) in [6.07, 6.45) is 2.14. The molecule has 88 valence electrons. The summed E-state index contributed by atoms with van der Waals surface area (Å²) in [5.74, 6) is 0. The molecule has 0 radical (unpaired) electrons. The van der Waals surface area contributed by atoms with E-state index in [4.69, 9.17) is 4.98 Å². The molecule has 3 heteroatoms. The van der Waals surface area contributed by atoms with Crippen molar-refractivity contribution in [3.05, 3.63) is 39.7 Å². The standard InChI is InChI=1S/C14H16N2S/c1-16(2)8-7-13-15-14-11-6-4-3-5-10(11)9-12(14)17-13/h3-6H,7-9H2,1-2H3. The smallest absolute Gasteiger partial charge is 0.0948 e. The molecule has 0 unspecified atom stereocenters. The highest BCUT2D eigenvalue weighted by Crippen LogP contribution is 2.39. The third kappa shape index (κ3) is 2.01. The van der Waals surface area contributed by atoms with Gasteiger partial charge in [0.2, 0.25) is 0 Å². The van der Waals surface area contributed by atoms with Crippen LogP contribution in [0.2, 0.25) is 0 Å². The zero-order valence-electron chi connectivity index (χ0n) is 10.2. The van der Waals surface area contributed by atoms with E-state index in [1.54, 1.807) is 0 Å². The van der Waals surface area contributed by atoms with Crippen molar-refractivity contribution in [2.24, 2.45) is 0 Å². The molecule has 1 aliphatic carbocycles. The highest BCUT2D eigenvalue weighted by molar-refractivity contribution is 7.12. The van der Waals surface area contributed by atoms with Crippen LogP contribution in [0.4, 0.5) is 0 Å². The van der Waals surface area contributed by atoms with E-state index in [0.29, 0.717) is 0 Å². The van der Waals surface area contributed by atoms with Gasteiger partial charge in [-0.25, -0.2) is 4.98 Å². The molecule has 17 heavy (non-hydrogen) atoms. The fourth-order valence-corrected chi connectivity index (χ4v) is 3.33. The highest BCUT2D eigenvalue weighted by Gasteiger charge is 2.22. The fraction of sp³-hybridized carbons (Fsp3) is 0.357. The first-order valence-electron chi connectivity index (χ1n) is 5.95. The highest BCUT2D eigenvalue weighted by atomic mass is 32.1. The van der Waals surface area contributed by atoms with E-state index in [0.717, 1.165) is 19.4 Å². The topological polar surface area (TPSA) is 16.1 Å². The molecule has 1 aromatic carbocycles. The average molecular weight is 244 g/mol. The first-order valence-corrected chi connectivity index (χ1v) is 6.77. The monoisotopic (exact) mass is 244 g/mol. The average Bonchev–Trinajstić information content (AvgIpc) is 2.83. The molecule has 2 nitrogen and oxygen atoms in total. The summed E-state index contributed by atoms with van der Waals surface area (Å²) < 4.78 is 0. The third-order valence-electron chi connectivity index (χ3n) is 3.14. The van der Waals surface area contributed by atoms with Gasteiger partial charge in [-0.3, -0.25) is 0 Å². The zero-order chi connectivity index (χ0) is 11.8. The molecule has 0 fully saturated rings. The van der Waals surface area contributed by atoms with E-state index in [-0.39, 0.29) is 0 Å². The molecule has 1 aliphatic rings. The van der Waals surface area contributed by atoms with Crippen molar-refractivity contribution in [1.82, 2.24) is 9.88 Å². The second kappa shape index (κ2) is 4.24. The van der Waals surface area contributed by atoms with Crippen LogP contribution >= 0.6 is 11.3 Å².